The number of carbonyl (C=O) groups excluding carboxylic acids is 1. The number of amides is 2. The molecule has 0 atom stereocenters. The third-order valence-electron chi connectivity index (χ3n) is 3.70. The van der Waals surface area contributed by atoms with Gasteiger partial charge in [-0.05, 0) is 54.1 Å². The monoisotopic (exact) mass is 376 g/mol. The van der Waals surface area contributed by atoms with Crippen molar-refractivity contribution >= 4 is 34.7 Å². The smallest absolute Gasteiger partial charge is 0.320 e. The fourth-order valence-electron chi connectivity index (χ4n) is 2.36. The number of urea groups is 1. The lowest BCUT2D eigenvalue weighted by Gasteiger charge is -2.21. The van der Waals surface area contributed by atoms with E-state index in [9.17, 15) is 4.79 Å². The summed E-state index contributed by atoms with van der Waals surface area (Å²) in [6.07, 6.45) is 1.52. The van der Waals surface area contributed by atoms with Gasteiger partial charge in [-0.3, -0.25) is 0 Å². The Labute approximate surface area is 154 Å². The summed E-state index contributed by atoms with van der Waals surface area (Å²) in [6, 6.07) is 9.23. The molecule has 0 saturated heterocycles. The number of rotatable bonds is 5. The van der Waals surface area contributed by atoms with Crippen LogP contribution >= 0.6 is 22.9 Å². The molecule has 2 amide bonds. The van der Waals surface area contributed by atoms with Gasteiger partial charge in [0.2, 0.25) is 0 Å². The molecular weight excluding hydrogens is 360 g/mol. The second-order valence-electron chi connectivity index (χ2n) is 5.41. The maximum absolute atomic E-state index is 12.6. The summed E-state index contributed by atoms with van der Waals surface area (Å²) >= 11 is 7.43. The minimum atomic E-state index is -0.168. The second-order valence-corrected chi connectivity index (χ2v) is 7.21. The van der Waals surface area contributed by atoms with Gasteiger partial charge in [0.1, 0.15) is 6.33 Å². The maximum atomic E-state index is 12.6. The van der Waals surface area contributed by atoms with Crippen molar-refractivity contribution in [3.63, 3.8) is 0 Å². The normalized spacial score (nSPS) is 10.7. The Balaban J connectivity index is 1.74. The van der Waals surface area contributed by atoms with Crippen LogP contribution in [0.4, 0.5) is 10.5 Å². The van der Waals surface area contributed by atoms with Crippen molar-refractivity contribution in [3.8, 4) is 5.69 Å². The third-order valence-corrected chi connectivity index (χ3v) is 4.92. The Hall–Kier alpha value is -2.45. The molecule has 0 bridgehead atoms. The highest BCUT2D eigenvalue weighted by molar-refractivity contribution is 7.16. The first-order valence-corrected chi connectivity index (χ1v) is 8.90. The van der Waals surface area contributed by atoms with E-state index in [2.05, 4.69) is 20.8 Å². The molecular formula is C16H17ClN6OS. The number of hydrogen-bond acceptors (Lipinski definition) is 5. The van der Waals surface area contributed by atoms with Crippen LogP contribution in [-0.2, 0) is 6.54 Å². The Bertz CT molecular complexity index is 863. The van der Waals surface area contributed by atoms with Crippen molar-refractivity contribution in [1.29, 1.82) is 0 Å². The predicted molar refractivity (Wildman–Crippen MR) is 98.3 cm³/mol. The van der Waals surface area contributed by atoms with Crippen molar-refractivity contribution in [2.24, 2.45) is 0 Å². The fraction of sp³-hybridized carbons (Fsp3) is 0.250. The van der Waals surface area contributed by atoms with Crippen LogP contribution in [-0.4, -0.2) is 37.7 Å². The van der Waals surface area contributed by atoms with Gasteiger partial charge in [-0.2, -0.15) is 0 Å². The van der Waals surface area contributed by atoms with Crippen LogP contribution in [0.15, 0.2) is 36.7 Å². The Morgan fingerprint density at radius 2 is 2.20 bits per heavy atom. The number of hydrogen-bond donors (Lipinski definition) is 1. The molecule has 2 aromatic heterocycles. The molecule has 1 N–H and O–H groups in total. The highest BCUT2D eigenvalue weighted by atomic mass is 35.5. The molecule has 0 radical (unpaired) electrons. The topological polar surface area (TPSA) is 75.9 Å². The lowest BCUT2D eigenvalue weighted by atomic mass is 10.2. The van der Waals surface area contributed by atoms with Crippen molar-refractivity contribution in [2.45, 2.75) is 20.4 Å². The number of tetrazole rings is 1. The van der Waals surface area contributed by atoms with Gasteiger partial charge in [0.05, 0.1) is 16.6 Å². The van der Waals surface area contributed by atoms with Gasteiger partial charge in [-0.1, -0.05) is 17.7 Å². The number of nitrogens with one attached hydrogen (secondary N) is 1. The van der Waals surface area contributed by atoms with Crippen LogP contribution in [0, 0.1) is 6.92 Å². The van der Waals surface area contributed by atoms with Crippen molar-refractivity contribution < 1.29 is 4.79 Å². The Morgan fingerprint density at radius 1 is 1.36 bits per heavy atom. The molecule has 0 aliphatic heterocycles. The zero-order chi connectivity index (χ0) is 17.8. The Kier molecular flexibility index (Phi) is 5.30. The predicted octanol–water partition coefficient (Wildman–Crippen LogP) is 3.74. The van der Waals surface area contributed by atoms with E-state index < -0.39 is 0 Å². The molecule has 3 aromatic rings. The molecule has 0 unspecified atom stereocenters. The molecule has 0 aliphatic carbocycles. The summed E-state index contributed by atoms with van der Waals surface area (Å²) < 4.78 is 2.28. The summed E-state index contributed by atoms with van der Waals surface area (Å²) in [7, 11) is 0. The van der Waals surface area contributed by atoms with E-state index >= 15 is 0 Å². The number of aryl methyl sites for hydroxylation is 1. The summed E-state index contributed by atoms with van der Waals surface area (Å²) in [5, 5.41) is 14.1. The molecule has 9 heteroatoms. The van der Waals surface area contributed by atoms with Gasteiger partial charge in [0, 0.05) is 17.1 Å². The molecule has 7 nitrogen and oxygen atoms in total. The van der Waals surface area contributed by atoms with E-state index in [1.165, 1.54) is 17.7 Å². The second kappa shape index (κ2) is 7.62. The SMILES string of the molecule is CCN(Cc1ccc(Cl)s1)C(=O)Nc1ccc(C)c(-n2cnnn2)c1. The maximum Gasteiger partial charge on any atom is 0.322 e. The van der Waals surface area contributed by atoms with Gasteiger partial charge >= 0.3 is 6.03 Å². The van der Waals surface area contributed by atoms with Crippen LogP contribution in [0.1, 0.15) is 17.4 Å². The molecule has 0 fully saturated rings. The van der Waals surface area contributed by atoms with Gasteiger partial charge in [0.15, 0.2) is 0 Å². The van der Waals surface area contributed by atoms with E-state index in [1.54, 1.807) is 9.58 Å². The van der Waals surface area contributed by atoms with Crippen LogP contribution in [0.3, 0.4) is 0 Å². The molecule has 130 valence electrons. The summed E-state index contributed by atoms with van der Waals surface area (Å²) in [5.41, 5.74) is 2.51. The van der Waals surface area contributed by atoms with Crippen LogP contribution in [0.25, 0.3) is 5.69 Å². The van der Waals surface area contributed by atoms with E-state index in [1.807, 2.05) is 44.2 Å². The lowest BCUT2D eigenvalue weighted by molar-refractivity contribution is 0.212. The number of carbonyl (C=O) groups is 1. The third kappa shape index (κ3) is 4.15. The van der Waals surface area contributed by atoms with Gasteiger partial charge in [0.25, 0.3) is 0 Å². The lowest BCUT2D eigenvalue weighted by Crippen LogP contribution is -2.34. The molecule has 0 saturated carbocycles. The van der Waals surface area contributed by atoms with Crippen molar-refractivity contribution in [1.82, 2.24) is 25.1 Å². The number of halogens is 1. The quantitative estimate of drug-likeness (QED) is 0.735. The summed E-state index contributed by atoms with van der Waals surface area (Å²) in [4.78, 5) is 15.3. The number of aromatic nitrogens is 4. The first-order chi connectivity index (χ1) is 12.1. The van der Waals surface area contributed by atoms with E-state index in [4.69, 9.17) is 11.6 Å². The fourth-order valence-corrected chi connectivity index (χ4v) is 3.46. The molecule has 3 rings (SSSR count). The van der Waals surface area contributed by atoms with E-state index in [0.717, 1.165) is 20.5 Å². The number of anilines is 1. The minimum Gasteiger partial charge on any atom is -0.320 e. The van der Waals surface area contributed by atoms with Gasteiger partial charge in [-0.15, -0.1) is 16.4 Å². The first-order valence-electron chi connectivity index (χ1n) is 7.71. The molecule has 0 aliphatic rings. The number of benzene rings is 1. The molecule has 25 heavy (non-hydrogen) atoms. The van der Waals surface area contributed by atoms with Gasteiger partial charge in [-0.25, -0.2) is 9.48 Å². The van der Waals surface area contributed by atoms with E-state index in [0.29, 0.717) is 18.8 Å². The average Bonchev–Trinajstić information content (AvgIpc) is 3.26. The largest absolute Gasteiger partial charge is 0.322 e. The highest BCUT2D eigenvalue weighted by Gasteiger charge is 2.14. The minimum absolute atomic E-state index is 0.168. The molecule has 2 heterocycles. The van der Waals surface area contributed by atoms with Crippen LogP contribution < -0.4 is 5.32 Å². The molecule has 1 aromatic carbocycles. The molecule has 0 spiro atoms. The number of thiophene rings is 1. The van der Waals surface area contributed by atoms with Gasteiger partial charge < -0.3 is 10.2 Å². The van der Waals surface area contributed by atoms with Crippen molar-refractivity contribution in [2.75, 3.05) is 11.9 Å². The standard InChI is InChI=1S/C16H17ClN6OS/c1-3-22(9-13-6-7-15(17)25-13)16(24)19-12-5-4-11(2)14(8-12)23-10-18-20-21-23/h4-8,10H,3,9H2,1-2H3,(H,19,24). The zero-order valence-corrected chi connectivity index (χ0v) is 15.4. The zero-order valence-electron chi connectivity index (χ0n) is 13.8. The van der Waals surface area contributed by atoms with E-state index in [-0.39, 0.29) is 6.03 Å². The summed E-state index contributed by atoms with van der Waals surface area (Å²) in [5.74, 6) is 0. The van der Waals surface area contributed by atoms with Crippen LogP contribution in [0.2, 0.25) is 4.34 Å². The first kappa shape index (κ1) is 17.4. The van der Waals surface area contributed by atoms with Crippen LogP contribution in [0.5, 0.6) is 0 Å². The average molecular weight is 377 g/mol. The number of nitrogens with zero attached hydrogens (tertiary/aromatic N) is 5. The van der Waals surface area contributed by atoms with Crippen molar-refractivity contribution in [3.05, 3.63) is 51.4 Å². The Morgan fingerprint density at radius 3 is 2.84 bits per heavy atom. The highest BCUT2D eigenvalue weighted by Crippen LogP contribution is 2.23. The summed E-state index contributed by atoms with van der Waals surface area (Å²) in [6.45, 7) is 5.01.